The maximum Gasteiger partial charge on any atom is 0.253 e. The van der Waals surface area contributed by atoms with Crippen LogP contribution >= 0.6 is 12.2 Å². The molecule has 3 rings (SSSR count). The largest absolute Gasteiger partial charge is 0.362 e. The van der Waals surface area contributed by atoms with Crippen LogP contribution in [0.2, 0.25) is 0 Å². The fourth-order valence-electron chi connectivity index (χ4n) is 4.16. The lowest BCUT2D eigenvalue weighted by Crippen LogP contribution is -2.44. The predicted molar refractivity (Wildman–Crippen MR) is 143 cm³/mol. The zero-order chi connectivity index (χ0) is 23.8. The van der Waals surface area contributed by atoms with E-state index < -0.39 is 0 Å². The number of aromatic amines is 1. The third-order valence-corrected chi connectivity index (χ3v) is 6.55. The molecule has 2 aromatic carbocycles. The van der Waals surface area contributed by atoms with Crippen LogP contribution in [0.25, 0.3) is 10.9 Å². The number of nitrogens with zero attached hydrogens (tertiary/aromatic N) is 2. The van der Waals surface area contributed by atoms with Gasteiger partial charge in [-0.25, -0.2) is 0 Å². The zero-order valence-electron chi connectivity index (χ0n) is 20.3. The second-order valence-electron chi connectivity index (χ2n) is 8.58. The van der Waals surface area contributed by atoms with E-state index in [2.05, 4.69) is 71.2 Å². The molecule has 0 aliphatic carbocycles. The predicted octanol–water partition coefficient (Wildman–Crippen LogP) is 4.41. The minimum absolute atomic E-state index is 0.0487. The number of likely N-dealkylation sites (N-methyl/N-ethyl adjacent to an activating group) is 1. The van der Waals surface area contributed by atoms with Crippen molar-refractivity contribution in [2.24, 2.45) is 0 Å². The lowest BCUT2D eigenvalue weighted by Gasteiger charge is -2.29. The zero-order valence-corrected chi connectivity index (χ0v) is 21.1. The van der Waals surface area contributed by atoms with Gasteiger partial charge in [-0.3, -0.25) is 4.79 Å². The molecule has 2 N–H and O–H groups in total. The van der Waals surface area contributed by atoms with Gasteiger partial charge in [-0.05, 0) is 74.4 Å². The van der Waals surface area contributed by atoms with Crippen LogP contribution in [0, 0.1) is 13.8 Å². The third kappa shape index (κ3) is 6.89. The smallest absolute Gasteiger partial charge is 0.253 e. The maximum absolute atomic E-state index is 12.9. The van der Waals surface area contributed by atoms with Crippen molar-refractivity contribution >= 4 is 28.2 Å². The molecule has 0 spiro atoms. The van der Waals surface area contributed by atoms with Gasteiger partial charge >= 0.3 is 0 Å². The molecule has 0 unspecified atom stereocenters. The molecule has 0 fully saturated rings. The number of benzene rings is 2. The van der Waals surface area contributed by atoms with Gasteiger partial charge in [0.25, 0.3) is 5.56 Å². The number of H-pyrrole nitrogens is 1. The van der Waals surface area contributed by atoms with Gasteiger partial charge in [0, 0.05) is 36.1 Å². The molecule has 3 aromatic rings. The van der Waals surface area contributed by atoms with Crippen molar-refractivity contribution < 1.29 is 0 Å². The number of thiocarbonyl (C=S) groups is 1. The summed E-state index contributed by atoms with van der Waals surface area (Å²) < 4.78 is 0. The number of fused-ring (bicyclic) bond motifs is 1. The lowest BCUT2D eigenvalue weighted by atomic mass is 10.0. The molecule has 0 saturated heterocycles. The Morgan fingerprint density at radius 1 is 1.03 bits per heavy atom. The van der Waals surface area contributed by atoms with E-state index in [9.17, 15) is 4.79 Å². The van der Waals surface area contributed by atoms with Gasteiger partial charge < -0.3 is 20.1 Å². The summed E-state index contributed by atoms with van der Waals surface area (Å²) in [7, 11) is 0. The van der Waals surface area contributed by atoms with Crippen LogP contribution in [-0.2, 0) is 13.0 Å². The summed E-state index contributed by atoms with van der Waals surface area (Å²) in [5.41, 5.74) is 5.17. The van der Waals surface area contributed by atoms with Crippen molar-refractivity contribution in [3.8, 4) is 0 Å². The number of aryl methyl sites for hydroxylation is 2. The Morgan fingerprint density at radius 2 is 1.76 bits per heavy atom. The number of nitrogens with one attached hydrogen (secondary N) is 2. The standard InChI is InChI=1S/C27H36N4OS/c1-5-30(6-2)14-15-31(27(33)28-13-12-22-10-8-7-9-11-22)19-23-18-24-21(4)16-20(3)17-25(24)29-26(23)32/h7-11,16-18H,5-6,12-15,19H2,1-4H3,(H,28,33)(H,29,32). The average molecular weight is 465 g/mol. The van der Waals surface area contributed by atoms with Crippen LogP contribution in [0.5, 0.6) is 0 Å². The van der Waals surface area contributed by atoms with Gasteiger partial charge in [-0.15, -0.1) is 0 Å². The molecule has 0 amide bonds. The molecule has 0 aliphatic rings. The number of hydrogen-bond donors (Lipinski definition) is 2. The van der Waals surface area contributed by atoms with Gasteiger partial charge in [0.05, 0.1) is 6.54 Å². The van der Waals surface area contributed by atoms with E-state index in [4.69, 9.17) is 12.2 Å². The maximum atomic E-state index is 12.9. The van der Waals surface area contributed by atoms with Crippen LogP contribution in [0.4, 0.5) is 0 Å². The number of aromatic nitrogens is 1. The summed E-state index contributed by atoms with van der Waals surface area (Å²) in [5.74, 6) is 0. The molecule has 0 bridgehead atoms. The first-order chi connectivity index (χ1) is 15.9. The van der Waals surface area contributed by atoms with Crippen molar-refractivity contribution in [1.82, 2.24) is 20.1 Å². The minimum atomic E-state index is -0.0487. The fraction of sp³-hybridized carbons (Fsp3) is 0.407. The Kier molecular flexibility index (Phi) is 9.03. The van der Waals surface area contributed by atoms with E-state index in [1.807, 2.05) is 25.1 Å². The van der Waals surface area contributed by atoms with Crippen LogP contribution in [0.1, 0.15) is 36.1 Å². The summed E-state index contributed by atoms with van der Waals surface area (Å²) in [6.07, 6.45) is 0.903. The molecular formula is C27H36N4OS. The van der Waals surface area contributed by atoms with Crippen LogP contribution in [0.3, 0.4) is 0 Å². The molecule has 0 saturated carbocycles. The summed E-state index contributed by atoms with van der Waals surface area (Å²) in [6, 6.07) is 16.6. The third-order valence-electron chi connectivity index (χ3n) is 6.15. The minimum Gasteiger partial charge on any atom is -0.362 e. The monoisotopic (exact) mass is 464 g/mol. The summed E-state index contributed by atoms with van der Waals surface area (Å²) in [5, 5.41) is 5.19. The van der Waals surface area contributed by atoms with E-state index in [-0.39, 0.29) is 5.56 Å². The van der Waals surface area contributed by atoms with E-state index in [0.29, 0.717) is 11.7 Å². The van der Waals surface area contributed by atoms with E-state index in [0.717, 1.165) is 61.2 Å². The molecular weight excluding hydrogens is 428 g/mol. The first-order valence-electron chi connectivity index (χ1n) is 11.8. The normalized spacial score (nSPS) is 11.2. The molecule has 0 aliphatic heterocycles. The van der Waals surface area contributed by atoms with Crippen LogP contribution in [0.15, 0.2) is 53.3 Å². The Hall–Kier alpha value is -2.70. The molecule has 33 heavy (non-hydrogen) atoms. The van der Waals surface area contributed by atoms with Crippen molar-refractivity contribution in [1.29, 1.82) is 0 Å². The van der Waals surface area contributed by atoms with Gasteiger partial charge in [-0.2, -0.15) is 0 Å². The molecule has 176 valence electrons. The molecule has 0 radical (unpaired) electrons. The molecule has 1 aromatic heterocycles. The van der Waals surface area contributed by atoms with Crippen LogP contribution < -0.4 is 10.9 Å². The first-order valence-corrected chi connectivity index (χ1v) is 12.2. The van der Waals surface area contributed by atoms with Crippen LogP contribution in [-0.4, -0.2) is 52.6 Å². The SMILES string of the molecule is CCN(CC)CCN(Cc1cc2c(C)cc(C)cc2[nH]c1=O)C(=S)NCCc1ccccc1. The highest BCUT2D eigenvalue weighted by atomic mass is 32.1. The Balaban J connectivity index is 1.77. The molecule has 6 heteroatoms. The molecule has 1 heterocycles. The van der Waals surface area contributed by atoms with E-state index >= 15 is 0 Å². The second kappa shape index (κ2) is 12.0. The van der Waals surface area contributed by atoms with Crippen molar-refractivity contribution in [3.63, 3.8) is 0 Å². The Morgan fingerprint density at radius 3 is 2.45 bits per heavy atom. The van der Waals surface area contributed by atoms with E-state index in [1.54, 1.807) is 0 Å². The number of hydrogen-bond acceptors (Lipinski definition) is 3. The first kappa shape index (κ1) is 24.9. The topological polar surface area (TPSA) is 51.4 Å². The van der Waals surface area contributed by atoms with Gasteiger partial charge in [-0.1, -0.05) is 50.2 Å². The van der Waals surface area contributed by atoms with Crippen molar-refractivity contribution in [2.75, 3.05) is 32.7 Å². The second-order valence-corrected chi connectivity index (χ2v) is 8.97. The lowest BCUT2D eigenvalue weighted by molar-refractivity contribution is 0.263. The highest BCUT2D eigenvalue weighted by Crippen LogP contribution is 2.19. The van der Waals surface area contributed by atoms with Gasteiger partial charge in [0.1, 0.15) is 0 Å². The molecule has 0 atom stereocenters. The number of rotatable bonds is 10. The summed E-state index contributed by atoms with van der Waals surface area (Å²) in [6.45, 7) is 13.4. The Bertz CT molecular complexity index is 1120. The average Bonchev–Trinajstić information content (AvgIpc) is 2.80. The summed E-state index contributed by atoms with van der Waals surface area (Å²) in [4.78, 5) is 20.5. The van der Waals surface area contributed by atoms with Crippen molar-refractivity contribution in [3.05, 3.63) is 81.1 Å². The molecule has 5 nitrogen and oxygen atoms in total. The number of pyridine rings is 1. The van der Waals surface area contributed by atoms with Gasteiger partial charge in [0.15, 0.2) is 5.11 Å². The van der Waals surface area contributed by atoms with Crippen molar-refractivity contribution in [2.45, 2.75) is 40.7 Å². The highest BCUT2D eigenvalue weighted by Gasteiger charge is 2.15. The fourth-order valence-corrected chi connectivity index (χ4v) is 4.42. The Labute approximate surface area is 202 Å². The highest BCUT2D eigenvalue weighted by molar-refractivity contribution is 7.80. The van der Waals surface area contributed by atoms with E-state index in [1.165, 1.54) is 11.1 Å². The van der Waals surface area contributed by atoms with Gasteiger partial charge in [0.2, 0.25) is 0 Å². The summed E-state index contributed by atoms with van der Waals surface area (Å²) >= 11 is 5.78. The quantitative estimate of drug-likeness (QED) is 0.436.